The maximum atomic E-state index is 6.77. The number of anilines is 2. The number of hydrogen-bond donors (Lipinski definition) is 1. The van der Waals surface area contributed by atoms with Gasteiger partial charge in [0.15, 0.2) is 17.3 Å². The molecule has 0 radical (unpaired) electrons. The number of rotatable bonds is 3. The van der Waals surface area contributed by atoms with E-state index in [2.05, 4.69) is 10.4 Å². The molecule has 28 heavy (non-hydrogen) atoms. The van der Waals surface area contributed by atoms with Gasteiger partial charge in [-0.1, -0.05) is 41.9 Å². The molecular formula is C22H18ClN3O2. The first-order valence-corrected chi connectivity index (χ1v) is 9.46. The molecule has 0 unspecified atom stereocenters. The zero-order valence-corrected chi connectivity index (χ0v) is 16.0. The smallest absolute Gasteiger partial charge is 0.161 e. The highest BCUT2D eigenvalue weighted by Gasteiger charge is 2.16. The zero-order chi connectivity index (χ0) is 19.1. The molecule has 0 amide bonds. The van der Waals surface area contributed by atoms with Crippen molar-refractivity contribution in [3.05, 3.63) is 65.7 Å². The predicted molar refractivity (Wildman–Crippen MR) is 112 cm³/mol. The molecule has 0 saturated carbocycles. The molecule has 2 heterocycles. The van der Waals surface area contributed by atoms with E-state index >= 15 is 0 Å². The molecule has 6 heteroatoms. The second-order valence-corrected chi connectivity index (χ2v) is 7.02. The first-order chi connectivity index (χ1) is 13.7. The van der Waals surface area contributed by atoms with Gasteiger partial charge in [0.25, 0.3) is 0 Å². The number of nitrogens with one attached hydrogen (secondary N) is 1. The average Bonchev–Trinajstić information content (AvgIpc) is 3.05. The van der Waals surface area contributed by atoms with Crippen LogP contribution in [0.4, 0.5) is 11.5 Å². The van der Waals surface area contributed by atoms with E-state index in [0.29, 0.717) is 18.2 Å². The summed E-state index contributed by atoms with van der Waals surface area (Å²) in [5, 5.41) is 9.67. The van der Waals surface area contributed by atoms with E-state index in [1.807, 2.05) is 72.4 Å². The molecular weight excluding hydrogens is 374 g/mol. The lowest BCUT2D eigenvalue weighted by atomic mass is 10.0. The van der Waals surface area contributed by atoms with Crippen molar-refractivity contribution >= 4 is 34.0 Å². The predicted octanol–water partition coefficient (Wildman–Crippen LogP) is 5.41. The van der Waals surface area contributed by atoms with Gasteiger partial charge in [0.1, 0.15) is 13.2 Å². The number of ether oxygens (including phenoxy) is 2. The molecule has 1 aliphatic rings. The second kappa shape index (κ2) is 6.77. The monoisotopic (exact) mass is 391 g/mol. The zero-order valence-electron chi connectivity index (χ0n) is 15.3. The van der Waals surface area contributed by atoms with Gasteiger partial charge in [-0.3, -0.25) is 4.68 Å². The number of para-hydroxylation sites is 1. The van der Waals surface area contributed by atoms with Crippen molar-refractivity contribution in [2.24, 2.45) is 7.05 Å². The fraction of sp³-hybridized carbons (Fsp3) is 0.136. The van der Waals surface area contributed by atoms with Crippen molar-refractivity contribution in [3.63, 3.8) is 0 Å². The molecule has 0 bridgehead atoms. The summed E-state index contributed by atoms with van der Waals surface area (Å²) < 4.78 is 13.2. The van der Waals surface area contributed by atoms with Crippen LogP contribution < -0.4 is 14.8 Å². The molecule has 1 N–H and O–H groups in total. The minimum absolute atomic E-state index is 0.554. The van der Waals surface area contributed by atoms with Crippen molar-refractivity contribution < 1.29 is 9.47 Å². The fourth-order valence-electron chi connectivity index (χ4n) is 3.50. The molecule has 1 aromatic heterocycles. The van der Waals surface area contributed by atoms with Gasteiger partial charge in [-0.25, -0.2) is 0 Å². The van der Waals surface area contributed by atoms with E-state index in [1.54, 1.807) is 0 Å². The van der Waals surface area contributed by atoms with Crippen LogP contribution in [0.3, 0.4) is 0 Å². The Bertz CT molecular complexity index is 1190. The topological polar surface area (TPSA) is 48.3 Å². The van der Waals surface area contributed by atoms with Crippen LogP contribution in [0.5, 0.6) is 11.5 Å². The van der Waals surface area contributed by atoms with E-state index in [4.69, 9.17) is 21.1 Å². The number of hydrogen-bond acceptors (Lipinski definition) is 4. The van der Waals surface area contributed by atoms with Crippen LogP contribution in [0, 0.1) is 0 Å². The van der Waals surface area contributed by atoms with E-state index in [-0.39, 0.29) is 0 Å². The van der Waals surface area contributed by atoms with E-state index in [1.165, 1.54) is 0 Å². The van der Waals surface area contributed by atoms with Gasteiger partial charge >= 0.3 is 0 Å². The van der Waals surface area contributed by atoms with E-state index in [0.717, 1.165) is 45.0 Å². The molecule has 0 spiro atoms. The number of benzene rings is 3. The van der Waals surface area contributed by atoms with Crippen LogP contribution in [0.15, 0.2) is 60.7 Å². The standard InChI is InChI=1S/C22H18ClN3O2/c1-26-18-8-3-2-5-16(18)22(25-26)24-17-7-4-6-15(21(17)23)14-9-10-19-20(13-14)28-12-11-27-19/h2-10,13H,11-12H2,1H3,(H,24,25). The minimum Gasteiger partial charge on any atom is -0.486 e. The Morgan fingerprint density at radius 3 is 2.68 bits per heavy atom. The van der Waals surface area contributed by atoms with Crippen LogP contribution in [-0.2, 0) is 7.05 Å². The molecule has 1 aliphatic heterocycles. The Hall–Kier alpha value is -3.18. The second-order valence-electron chi connectivity index (χ2n) is 6.64. The normalized spacial score (nSPS) is 12.9. The van der Waals surface area contributed by atoms with Gasteiger partial charge in [-0.15, -0.1) is 0 Å². The third-order valence-electron chi connectivity index (χ3n) is 4.86. The first kappa shape index (κ1) is 17.0. The highest BCUT2D eigenvalue weighted by molar-refractivity contribution is 6.36. The summed E-state index contributed by atoms with van der Waals surface area (Å²) in [6.07, 6.45) is 0. The van der Waals surface area contributed by atoms with Crippen molar-refractivity contribution in [3.8, 4) is 22.6 Å². The highest BCUT2D eigenvalue weighted by atomic mass is 35.5. The molecule has 0 saturated heterocycles. The van der Waals surface area contributed by atoms with Crippen molar-refractivity contribution in [2.75, 3.05) is 18.5 Å². The Kier molecular flexibility index (Phi) is 4.10. The third kappa shape index (κ3) is 2.84. The number of aryl methyl sites for hydroxylation is 1. The molecule has 140 valence electrons. The summed E-state index contributed by atoms with van der Waals surface area (Å²) in [7, 11) is 1.93. The van der Waals surface area contributed by atoms with Gasteiger partial charge in [-0.2, -0.15) is 5.10 Å². The van der Waals surface area contributed by atoms with E-state index < -0.39 is 0 Å². The summed E-state index contributed by atoms with van der Waals surface area (Å²) in [6.45, 7) is 1.13. The maximum Gasteiger partial charge on any atom is 0.161 e. The maximum absolute atomic E-state index is 6.77. The fourth-order valence-corrected chi connectivity index (χ4v) is 3.78. The van der Waals surface area contributed by atoms with Crippen molar-refractivity contribution in [1.82, 2.24) is 9.78 Å². The molecule has 3 aromatic carbocycles. The van der Waals surface area contributed by atoms with Crippen LogP contribution in [0.1, 0.15) is 0 Å². The summed E-state index contributed by atoms with van der Waals surface area (Å²) in [6, 6.07) is 19.9. The molecule has 0 atom stereocenters. The number of fused-ring (bicyclic) bond motifs is 2. The van der Waals surface area contributed by atoms with Crippen molar-refractivity contribution in [2.45, 2.75) is 0 Å². The molecule has 0 fully saturated rings. The SMILES string of the molecule is Cn1nc(Nc2cccc(-c3ccc4c(c3)OCCO4)c2Cl)c2ccccc21. The van der Waals surface area contributed by atoms with Crippen LogP contribution >= 0.6 is 11.6 Å². The minimum atomic E-state index is 0.554. The molecule has 5 nitrogen and oxygen atoms in total. The Labute approximate surface area is 167 Å². The highest BCUT2D eigenvalue weighted by Crippen LogP contribution is 2.40. The number of nitrogens with zero attached hydrogens (tertiary/aromatic N) is 2. The molecule has 0 aliphatic carbocycles. The van der Waals surface area contributed by atoms with Crippen molar-refractivity contribution in [1.29, 1.82) is 0 Å². The number of aromatic nitrogens is 2. The van der Waals surface area contributed by atoms with Crippen LogP contribution in [0.25, 0.3) is 22.0 Å². The first-order valence-electron chi connectivity index (χ1n) is 9.08. The summed E-state index contributed by atoms with van der Waals surface area (Å²) in [5.41, 5.74) is 3.76. The third-order valence-corrected chi connectivity index (χ3v) is 5.27. The lowest BCUT2D eigenvalue weighted by molar-refractivity contribution is 0.171. The van der Waals surface area contributed by atoms with Crippen LogP contribution in [0.2, 0.25) is 5.02 Å². The Morgan fingerprint density at radius 1 is 0.964 bits per heavy atom. The lowest BCUT2D eigenvalue weighted by Gasteiger charge is -2.19. The molecule has 5 rings (SSSR count). The summed E-state index contributed by atoms with van der Waals surface area (Å²) in [5.74, 6) is 2.29. The van der Waals surface area contributed by atoms with Crippen LogP contribution in [-0.4, -0.2) is 23.0 Å². The largest absolute Gasteiger partial charge is 0.486 e. The van der Waals surface area contributed by atoms with Gasteiger partial charge in [0.05, 0.1) is 16.2 Å². The van der Waals surface area contributed by atoms with Gasteiger partial charge in [0, 0.05) is 18.0 Å². The number of halogens is 1. The summed E-state index contributed by atoms with van der Waals surface area (Å²) in [4.78, 5) is 0. The lowest BCUT2D eigenvalue weighted by Crippen LogP contribution is -2.15. The Morgan fingerprint density at radius 2 is 1.79 bits per heavy atom. The quantitative estimate of drug-likeness (QED) is 0.507. The van der Waals surface area contributed by atoms with Gasteiger partial charge in [0.2, 0.25) is 0 Å². The van der Waals surface area contributed by atoms with E-state index in [9.17, 15) is 0 Å². The molecule has 4 aromatic rings. The average molecular weight is 392 g/mol. The summed E-state index contributed by atoms with van der Waals surface area (Å²) >= 11 is 6.77. The Balaban J connectivity index is 1.54. The van der Waals surface area contributed by atoms with Gasteiger partial charge in [-0.05, 0) is 35.9 Å². The van der Waals surface area contributed by atoms with Gasteiger partial charge < -0.3 is 14.8 Å².